The second-order valence-electron chi connectivity index (χ2n) is 13.0. The molecule has 4 aliphatic rings. The predicted molar refractivity (Wildman–Crippen MR) is 160 cm³/mol. The highest BCUT2D eigenvalue weighted by molar-refractivity contribution is 6.01. The average Bonchev–Trinajstić information content (AvgIpc) is 3.31. The second kappa shape index (κ2) is 15.5. The van der Waals surface area contributed by atoms with Crippen LogP contribution in [0.5, 0.6) is 0 Å². The Hall–Kier alpha value is -3.96. The quantitative estimate of drug-likeness (QED) is 0.0941. The van der Waals surface area contributed by atoms with Gasteiger partial charge in [0.15, 0.2) is 18.0 Å². The molecule has 17 nitrogen and oxygen atoms in total. The Kier molecular flexibility index (Phi) is 11.9. The smallest absolute Gasteiger partial charge is 0.332 e. The van der Waals surface area contributed by atoms with Gasteiger partial charge in [-0.05, 0) is 62.5 Å². The molecule has 0 heterocycles. The van der Waals surface area contributed by atoms with Crippen LogP contribution in [0.15, 0.2) is 23.8 Å². The van der Waals surface area contributed by atoms with Crippen molar-refractivity contribution >= 4 is 23.5 Å². The minimum atomic E-state index is -1.75. The van der Waals surface area contributed by atoms with Crippen molar-refractivity contribution in [2.24, 2.45) is 28.6 Å². The van der Waals surface area contributed by atoms with E-state index in [-0.39, 0.29) is 82.3 Å². The van der Waals surface area contributed by atoms with Crippen molar-refractivity contribution in [3.05, 3.63) is 44.0 Å². The van der Waals surface area contributed by atoms with Gasteiger partial charge in [-0.2, -0.15) is 0 Å². The SMILES string of the molecule is C[C@]12C=CC(=O)C=C1CCC1C3CC[C@](OC(=O)CCCO[N+](=O)[O-])(C(=O)COC(=O)COCCOCCO[N+](=O)[O-])[C@@]3(C)C[C@H](O)[C@@H]12. The first-order chi connectivity index (χ1) is 22.7. The Morgan fingerprint density at radius 3 is 2.38 bits per heavy atom. The number of nitrogens with zero attached hydrogens (tertiary/aromatic N) is 2. The van der Waals surface area contributed by atoms with E-state index in [0.29, 0.717) is 19.3 Å². The van der Waals surface area contributed by atoms with Crippen LogP contribution in [0.4, 0.5) is 0 Å². The van der Waals surface area contributed by atoms with E-state index < -0.39 is 63.6 Å². The lowest BCUT2D eigenvalue weighted by Crippen LogP contribution is -2.63. The number of fused-ring (bicyclic) bond motifs is 5. The summed E-state index contributed by atoms with van der Waals surface area (Å²) in [5.74, 6) is -2.83. The van der Waals surface area contributed by atoms with E-state index >= 15 is 0 Å². The van der Waals surface area contributed by atoms with Crippen LogP contribution in [-0.2, 0) is 47.8 Å². The number of rotatable bonds is 18. The molecule has 266 valence electrons. The van der Waals surface area contributed by atoms with E-state index in [4.69, 9.17) is 18.9 Å². The molecule has 0 aromatic carbocycles. The summed E-state index contributed by atoms with van der Waals surface area (Å²) in [6, 6.07) is 0. The normalized spacial score (nSPS) is 31.8. The fourth-order valence-electron chi connectivity index (χ4n) is 8.45. The molecule has 4 rings (SSSR count). The van der Waals surface area contributed by atoms with E-state index in [1.807, 2.05) is 19.9 Å². The molecule has 48 heavy (non-hydrogen) atoms. The minimum absolute atomic E-state index is 0.0196. The van der Waals surface area contributed by atoms with Gasteiger partial charge in [0.05, 0.1) is 32.5 Å². The highest BCUT2D eigenvalue weighted by Crippen LogP contribution is 2.68. The van der Waals surface area contributed by atoms with Crippen LogP contribution < -0.4 is 0 Å². The third kappa shape index (κ3) is 7.84. The zero-order valence-electron chi connectivity index (χ0n) is 27.0. The van der Waals surface area contributed by atoms with E-state index in [9.17, 15) is 44.5 Å². The maximum atomic E-state index is 14.1. The molecule has 0 aromatic rings. The van der Waals surface area contributed by atoms with Crippen LogP contribution in [0.3, 0.4) is 0 Å². The first kappa shape index (κ1) is 36.9. The van der Waals surface area contributed by atoms with Crippen molar-refractivity contribution in [2.45, 2.75) is 70.5 Å². The molecule has 0 bridgehead atoms. The zero-order chi connectivity index (χ0) is 35.1. The molecule has 17 heteroatoms. The third-order valence-corrected chi connectivity index (χ3v) is 10.5. The fourth-order valence-corrected chi connectivity index (χ4v) is 8.45. The molecular weight excluding hydrogens is 640 g/mol. The molecule has 3 saturated carbocycles. The molecule has 4 aliphatic carbocycles. The van der Waals surface area contributed by atoms with Crippen LogP contribution in [0, 0.1) is 48.8 Å². The molecule has 0 saturated heterocycles. The van der Waals surface area contributed by atoms with Crippen LogP contribution in [0.1, 0.15) is 58.8 Å². The van der Waals surface area contributed by atoms with Crippen molar-refractivity contribution < 1.29 is 63.1 Å². The molecule has 7 atom stereocenters. The largest absolute Gasteiger partial charge is 0.456 e. The number of allylic oxidation sites excluding steroid dienone is 4. The standard InChI is InChI=1S/C31H42N2O15/c1-29-9-7-21(34)16-20(29)5-6-22-23-8-10-31(30(23,2)17-24(35)28(22)29,48-26(37)4-3-11-46-32(39)40)25(36)18-45-27(38)19-44-13-12-43-14-15-47-33(41)42/h7,9,16,22-24,28,35H,3-6,8,10-15,17-19H2,1-2H3/t22?,23?,24-,28+,29-,30-,31-/m0/s1. The highest BCUT2D eigenvalue weighted by atomic mass is 17.0. The average molecular weight is 683 g/mol. The van der Waals surface area contributed by atoms with Crippen LogP contribution >= 0.6 is 0 Å². The van der Waals surface area contributed by atoms with Crippen LogP contribution in [-0.4, -0.2) is 96.7 Å². The number of Topliss-reactive ketones (excluding diaryl/α,β-unsaturated/α-hetero) is 1. The Balaban J connectivity index is 1.45. The van der Waals surface area contributed by atoms with Crippen molar-refractivity contribution in [1.29, 1.82) is 0 Å². The van der Waals surface area contributed by atoms with Crippen LogP contribution in [0.2, 0.25) is 0 Å². The molecular formula is C31H42N2O15. The molecule has 2 unspecified atom stereocenters. The summed E-state index contributed by atoms with van der Waals surface area (Å²) in [7, 11) is 0. The monoisotopic (exact) mass is 682 g/mol. The molecule has 0 spiro atoms. The lowest BCUT2D eigenvalue weighted by atomic mass is 9.46. The van der Waals surface area contributed by atoms with E-state index in [1.165, 1.54) is 6.08 Å². The maximum absolute atomic E-state index is 14.1. The van der Waals surface area contributed by atoms with Gasteiger partial charge in [0.25, 0.3) is 10.2 Å². The van der Waals surface area contributed by atoms with Gasteiger partial charge in [-0.15, -0.1) is 20.2 Å². The molecule has 0 radical (unpaired) electrons. The molecule has 0 aliphatic heterocycles. The predicted octanol–water partition coefficient (Wildman–Crippen LogP) is 1.89. The van der Waals surface area contributed by atoms with E-state index in [2.05, 4.69) is 9.68 Å². The summed E-state index contributed by atoms with van der Waals surface area (Å²) in [6.45, 7) is 1.91. The maximum Gasteiger partial charge on any atom is 0.332 e. The van der Waals surface area contributed by atoms with Gasteiger partial charge in [-0.1, -0.05) is 25.5 Å². The Bertz CT molecular complexity index is 1330. The summed E-state index contributed by atoms with van der Waals surface area (Å²) in [6.07, 6.45) is 5.86. The number of carbonyl (C=O) groups is 4. The van der Waals surface area contributed by atoms with Crippen LogP contribution in [0.25, 0.3) is 0 Å². The Morgan fingerprint density at radius 1 is 0.958 bits per heavy atom. The van der Waals surface area contributed by atoms with Crippen molar-refractivity contribution in [3.8, 4) is 0 Å². The number of ketones is 2. The summed E-state index contributed by atoms with van der Waals surface area (Å²) in [5.41, 5.74) is -2.37. The molecule has 3 fully saturated rings. The molecule has 1 N–H and O–H groups in total. The van der Waals surface area contributed by atoms with Crippen molar-refractivity contribution in [3.63, 3.8) is 0 Å². The summed E-state index contributed by atoms with van der Waals surface area (Å²) in [4.78, 5) is 80.9. The van der Waals surface area contributed by atoms with E-state index in [0.717, 1.165) is 5.57 Å². The first-order valence-corrected chi connectivity index (χ1v) is 16.0. The first-order valence-electron chi connectivity index (χ1n) is 16.0. The van der Waals surface area contributed by atoms with Gasteiger partial charge >= 0.3 is 11.9 Å². The van der Waals surface area contributed by atoms with Gasteiger partial charge in [0, 0.05) is 23.2 Å². The lowest BCUT2D eigenvalue weighted by molar-refractivity contribution is -0.758. The summed E-state index contributed by atoms with van der Waals surface area (Å²) in [5, 5.41) is 30.5. The molecule has 0 amide bonds. The van der Waals surface area contributed by atoms with Crippen molar-refractivity contribution in [2.75, 3.05) is 46.2 Å². The second-order valence-corrected chi connectivity index (χ2v) is 13.0. The third-order valence-electron chi connectivity index (χ3n) is 10.5. The Morgan fingerprint density at radius 2 is 1.65 bits per heavy atom. The number of esters is 2. The van der Waals surface area contributed by atoms with Crippen molar-refractivity contribution in [1.82, 2.24) is 0 Å². The van der Waals surface area contributed by atoms with Gasteiger partial charge in [0.2, 0.25) is 5.78 Å². The summed E-state index contributed by atoms with van der Waals surface area (Å²) < 4.78 is 21.5. The van der Waals surface area contributed by atoms with Gasteiger partial charge < -0.3 is 33.7 Å². The fraction of sp³-hybridized carbons (Fsp3) is 0.742. The summed E-state index contributed by atoms with van der Waals surface area (Å²) >= 11 is 0. The van der Waals surface area contributed by atoms with E-state index in [1.54, 1.807) is 6.08 Å². The lowest BCUT2D eigenvalue weighted by Gasteiger charge is -2.59. The zero-order valence-corrected chi connectivity index (χ0v) is 27.0. The van der Waals surface area contributed by atoms with Gasteiger partial charge in [-0.3, -0.25) is 14.4 Å². The minimum Gasteiger partial charge on any atom is -0.456 e. The number of aliphatic hydroxyl groups excluding tert-OH is 1. The Labute approximate surface area is 276 Å². The number of hydrogen-bond acceptors (Lipinski definition) is 15. The van der Waals surface area contributed by atoms with Gasteiger partial charge in [-0.25, -0.2) is 4.79 Å². The van der Waals surface area contributed by atoms with Gasteiger partial charge in [0.1, 0.15) is 13.2 Å². The number of hydrogen-bond donors (Lipinski definition) is 1. The molecule has 0 aromatic heterocycles. The number of ether oxygens (including phenoxy) is 4. The highest BCUT2D eigenvalue weighted by Gasteiger charge is 2.70. The number of aliphatic hydroxyl groups is 1. The number of carbonyl (C=O) groups excluding carboxylic acids is 4. The topological polar surface area (TPSA) is 230 Å².